The number of carbonyl (C=O) groups excluding carboxylic acids is 1. The third-order valence-corrected chi connectivity index (χ3v) is 5.93. The van der Waals surface area contributed by atoms with Crippen LogP contribution in [0, 0.1) is 0 Å². The van der Waals surface area contributed by atoms with Gasteiger partial charge in [0.2, 0.25) is 5.91 Å². The molecule has 4 rings (SSSR count). The first-order valence-electron chi connectivity index (χ1n) is 9.52. The first-order chi connectivity index (χ1) is 14.2. The van der Waals surface area contributed by atoms with Crippen LogP contribution in [0.3, 0.4) is 0 Å². The molecule has 0 bridgehead atoms. The maximum absolute atomic E-state index is 12.2. The summed E-state index contributed by atoms with van der Waals surface area (Å²) in [6, 6.07) is 17.6. The molecule has 0 aliphatic heterocycles. The van der Waals surface area contributed by atoms with Gasteiger partial charge in [0.05, 0.1) is 5.75 Å². The Kier molecular flexibility index (Phi) is 6.32. The largest absolute Gasteiger partial charge is 0.365 e. The van der Waals surface area contributed by atoms with Crippen LogP contribution in [0.25, 0.3) is 0 Å². The van der Waals surface area contributed by atoms with Crippen LogP contribution in [-0.2, 0) is 24.2 Å². The Morgan fingerprint density at radius 1 is 1.00 bits per heavy atom. The van der Waals surface area contributed by atoms with Gasteiger partial charge in [-0.3, -0.25) is 4.79 Å². The predicted octanol–water partition coefficient (Wildman–Crippen LogP) is 4.96. The summed E-state index contributed by atoms with van der Waals surface area (Å²) in [7, 11) is 0. The number of benzene rings is 2. The van der Waals surface area contributed by atoms with Crippen molar-refractivity contribution in [2.45, 2.75) is 30.8 Å². The fraction of sp³-hybridized carbons (Fsp3) is 0.227. The molecule has 0 fully saturated rings. The number of anilines is 2. The summed E-state index contributed by atoms with van der Waals surface area (Å²) in [5, 5.41) is 16.0. The van der Waals surface area contributed by atoms with Gasteiger partial charge in [-0.15, -0.1) is 10.2 Å². The van der Waals surface area contributed by atoms with Crippen LogP contribution < -0.4 is 10.6 Å². The average Bonchev–Trinajstić information content (AvgIpc) is 3.20. The molecule has 7 heteroatoms. The molecule has 0 radical (unpaired) electrons. The van der Waals surface area contributed by atoms with E-state index in [1.807, 2.05) is 42.5 Å². The van der Waals surface area contributed by atoms with Crippen molar-refractivity contribution in [3.63, 3.8) is 0 Å². The number of rotatable bonds is 7. The highest BCUT2D eigenvalue weighted by Crippen LogP contribution is 2.25. The smallest absolute Gasteiger partial charge is 0.234 e. The highest BCUT2D eigenvalue weighted by Gasteiger charge is 2.12. The Labute approximate surface area is 179 Å². The summed E-state index contributed by atoms with van der Waals surface area (Å²) in [5.41, 5.74) is 4.72. The molecule has 2 N–H and O–H groups in total. The minimum atomic E-state index is -0.0420. The van der Waals surface area contributed by atoms with Gasteiger partial charge in [0, 0.05) is 17.3 Å². The Balaban J connectivity index is 1.24. The van der Waals surface area contributed by atoms with Crippen molar-refractivity contribution in [1.82, 2.24) is 10.2 Å². The number of hydrogen-bond donors (Lipinski definition) is 2. The van der Waals surface area contributed by atoms with Crippen LogP contribution in [0.2, 0.25) is 5.02 Å². The normalized spacial score (nSPS) is 12.4. The lowest BCUT2D eigenvalue weighted by atomic mass is 10.1. The second-order valence-corrected chi connectivity index (χ2v) is 8.34. The molecule has 1 aliphatic rings. The van der Waals surface area contributed by atoms with Crippen molar-refractivity contribution in [3.05, 3.63) is 76.3 Å². The summed E-state index contributed by atoms with van der Waals surface area (Å²) >= 11 is 7.26. The molecular formula is C22H21ClN4OS. The number of hydrogen-bond acceptors (Lipinski definition) is 5. The molecule has 1 aliphatic carbocycles. The number of nitrogens with one attached hydrogen (secondary N) is 2. The van der Waals surface area contributed by atoms with Crippen molar-refractivity contribution in [2.75, 3.05) is 16.4 Å². The van der Waals surface area contributed by atoms with Crippen molar-refractivity contribution in [1.29, 1.82) is 0 Å². The van der Waals surface area contributed by atoms with Crippen LogP contribution in [0.1, 0.15) is 23.1 Å². The van der Waals surface area contributed by atoms with Crippen molar-refractivity contribution < 1.29 is 4.79 Å². The Morgan fingerprint density at radius 2 is 1.83 bits per heavy atom. The molecule has 0 atom stereocenters. The van der Waals surface area contributed by atoms with E-state index < -0.39 is 0 Å². The average molecular weight is 425 g/mol. The third-order valence-electron chi connectivity index (χ3n) is 4.76. The summed E-state index contributed by atoms with van der Waals surface area (Å²) in [4.78, 5) is 12.2. The maximum atomic E-state index is 12.2. The second-order valence-electron chi connectivity index (χ2n) is 6.91. The van der Waals surface area contributed by atoms with Crippen molar-refractivity contribution in [2.24, 2.45) is 0 Å². The molecule has 29 heavy (non-hydrogen) atoms. The van der Waals surface area contributed by atoms with Crippen LogP contribution in [-0.4, -0.2) is 21.9 Å². The zero-order valence-corrected chi connectivity index (χ0v) is 17.4. The third kappa shape index (κ3) is 5.49. The fourth-order valence-electron chi connectivity index (χ4n) is 3.27. The monoisotopic (exact) mass is 424 g/mol. The van der Waals surface area contributed by atoms with E-state index in [4.69, 9.17) is 11.6 Å². The van der Waals surface area contributed by atoms with Gasteiger partial charge in [0.15, 0.2) is 0 Å². The van der Waals surface area contributed by atoms with Gasteiger partial charge >= 0.3 is 0 Å². The minimum Gasteiger partial charge on any atom is -0.365 e. The van der Waals surface area contributed by atoms with Gasteiger partial charge in [0.25, 0.3) is 0 Å². The molecule has 3 aromatic rings. The van der Waals surface area contributed by atoms with E-state index in [1.54, 1.807) is 0 Å². The number of fused-ring (bicyclic) bond motifs is 1. The molecule has 0 saturated heterocycles. The van der Waals surface area contributed by atoms with Crippen molar-refractivity contribution >= 4 is 40.8 Å². The summed E-state index contributed by atoms with van der Waals surface area (Å²) in [6.07, 6.45) is 3.44. The number of carbonyl (C=O) groups is 1. The van der Waals surface area contributed by atoms with Crippen molar-refractivity contribution in [3.8, 4) is 0 Å². The fourth-order valence-corrected chi connectivity index (χ4v) is 4.01. The van der Waals surface area contributed by atoms with E-state index in [1.165, 1.54) is 29.3 Å². The van der Waals surface area contributed by atoms with E-state index in [-0.39, 0.29) is 5.91 Å². The molecule has 0 unspecified atom stereocenters. The highest BCUT2D eigenvalue weighted by molar-refractivity contribution is 7.99. The van der Waals surface area contributed by atoms with Gasteiger partial charge in [-0.05, 0) is 72.4 Å². The van der Waals surface area contributed by atoms with Crippen LogP contribution in [0.5, 0.6) is 0 Å². The minimum absolute atomic E-state index is 0.0420. The van der Waals surface area contributed by atoms with Crippen LogP contribution in [0.4, 0.5) is 11.5 Å². The molecule has 1 heterocycles. The van der Waals surface area contributed by atoms with Crippen LogP contribution >= 0.6 is 23.4 Å². The lowest BCUT2D eigenvalue weighted by Crippen LogP contribution is -2.14. The summed E-state index contributed by atoms with van der Waals surface area (Å²) in [5.74, 6) is 0.940. The van der Waals surface area contributed by atoms with Gasteiger partial charge in [-0.1, -0.05) is 41.6 Å². The zero-order chi connectivity index (χ0) is 20.1. The predicted molar refractivity (Wildman–Crippen MR) is 119 cm³/mol. The molecule has 2 aromatic carbocycles. The SMILES string of the molecule is O=C(CSc1ccc(NCc2ccc(Cl)cc2)nn1)Nc1ccc2c(c1)CCC2. The van der Waals surface area contributed by atoms with Crippen LogP contribution in [0.15, 0.2) is 59.6 Å². The quantitative estimate of drug-likeness (QED) is 0.524. The highest BCUT2D eigenvalue weighted by atomic mass is 35.5. The van der Waals surface area contributed by atoms with Gasteiger partial charge in [0.1, 0.15) is 10.8 Å². The molecule has 1 amide bonds. The van der Waals surface area contributed by atoms with E-state index in [9.17, 15) is 4.79 Å². The first-order valence-corrected chi connectivity index (χ1v) is 10.9. The Hall–Kier alpha value is -2.57. The topological polar surface area (TPSA) is 66.9 Å². The molecule has 5 nitrogen and oxygen atoms in total. The summed E-state index contributed by atoms with van der Waals surface area (Å²) in [6.45, 7) is 0.640. The number of thioether (sulfide) groups is 1. The maximum Gasteiger partial charge on any atom is 0.234 e. The zero-order valence-electron chi connectivity index (χ0n) is 15.8. The first kappa shape index (κ1) is 19.7. The Morgan fingerprint density at radius 3 is 2.62 bits per heavy atom. The van der Waals surface area contributed by atoms with Gasteiger partial charge in [-0.2, -0.15) is 0 Å². The van der Waals surface area contributed by atoms with Gasteiger partial charge < -0.3 is 10.6 Å². The van der Waals surface area contributed by atoms with E-state index in [0.717, 1.165) is 29.1 Å². The standard InChI is InChI=1S/C22H21ClN4OS/c23-18-7-4-15(5-8-18)13-24-20-10-11-22(27-26-20)29-14-21(28)25-19-9-6-16-2-1-3-17(16)12-19/h4-12H,1-3,13-14H2,(H,24,26)(H,25,28). The number of halogens is 1. The molecule has 148 valence electrons. The van der Waals surface area contributed by atoms with E-state index in [2.05, 4.69) is 33.0 Å². The molecule has 0 saturated carbocycles. The lowest BCUT2D eigenvalue weighted by Gasteiger charge is -2.08. The Bertz CT molecular complexity index is 993. The summed E-state index contributed by atoms with van der Waals surface area (Å²) < 4.78 is 0. The lowest BCUT2D eigenvalue weighted by molar-refractivity contribution is -0.113. The second kappa shape index (κ2) is 9.29. The number of aromatic nitrogens is 2. The molecular weight excluding hydrogens is 404 g/mol. The van der Waals surface area contributed by atoms with E-state index in [0.29, 0.717) is 23.1 Å². The number of amides is 1. The molecule has 1 aromatic heterocycles. The van der Waals surface area contributed by atoms with E-state index >= 15 is 0 Å². The van der Waals surface area contributed by atoms with Gasteiger partial charge in [-0.25, -0.2) is 0 Å². The molecule has 0 spiro atoms. The number of nitrogens with zero attached hydrogens (tertiary/aromatic N) is 2. The number of aryl methyl sites for hydroxylation is 2.